The average Bonchev–Trinajstić information content (AvgIpc) is 3.65. The molecule has 15 nitrogen and oxygen atoms in total. The van der Waals surface area contributed by atoms with Crippen molar-refractivity contribution in [1.29, 1.82) is 5.26 Å². The van der Waals surface area contributed by atoms with Crippen LogP contribution in [0.2, 0.25) is 0 Å². The third-order valence-electron chi connectivity index (χ3n) is 13.4. The highest BCUT2D eigenvalue weighted by atomic mass is 16.6. The summed E-state index contributed by atoms with van der Waals surface area (Å²) in [5.74, 6) is -5.99. The fourth-order valence-corrected chi connectivity index (χ4v) is 9.42. The van der Waals surface area contributed by atoms with Gasteiger partial charge in [-0.1, -0.05) is 97.9 Å². The number of amides is 3. The maximum absolute atomic E-state index is 15.2. The summed E-state index contributed by atoms with van der Waals surface area (Å²) in [4.78, 5) is 102. The molecule has 3 amide bonds. The highest BCUT2D eigenvalue weighted by Gasteiger charge is 2.39. The number of Topliss-reactive ketones (excluding diaryl/α,β-unsaturated/α-hetero) is 2. The van der Waals surface area contributed by atoms with Crippen LogP contribution in [0.5, 0.6) is 0 Å². The Morgan fingerprint density at radius 2 is 1.18 bits per heavy atom. The van der Waals surface area contributed by atoms with Crippen molar-refractivity contribution in [1.82, 2.24) is 19.3 Å². The van der Waals surface area contributed by atoms with Crippen molar-refractivity contribution in [2.24, 2.45) is 41.2 Å². The van der Waals surface area contributed by atoms with Crippen molar-refractivity contribution in [3.05, 3.63) is 71.4 Å². The molecule has 0 saturated carbocycles. The Kier molecular flexibility index (Phi) is 23.1. The van der Waals surface area contributed by atoms with E-state index in [9.17, 15) is 29.1 Å². The molecule has 7 atom stereocenters. The number of benzene rings is 2. The number of carbonyl (C=O) groups is 7. The lowest BCUT2D eigenvalue weighted by Crippen LogP contribution is -2.51. The monoisotopic (exact) mass is 983 g/mol. The molecule has 71 heavy (non-hydrogen) atoms. The minimum absolute atomic E-state index is 0.0181. The minimum Gasteiger partial charge on any atom is -0.479 e. The molecular formula is C56H82N6O9. The van der Waals surface area contributed by atoms with Crippen molar-refractivity contribution in [3.8, 4) is 6.07 Å². The van der Waals surface area contributed by atoms with E-state index in [2.05, 4.69) is 23.6 Å². The second-order valence-corrected chi connectivity index (χ2v) is 21.3. The van der Waals surface area contributed by atoms with Gasteiger partial charge in [-0.05, 0) is 86.0 Å². The van der Waals surface area contributed by atoms with Crippen LogP contribution in [0, 0.1) is 53.8 Å². The van der Waals surface area contributed by atoms with Crippen LogP contribution < -0.4 is 5.73 Å². The molecular weight excluding hydrogens is 901 g/mol. The molecule has 0 aliphatic heterocycles. The lowest BCUT2D eigenvalue weighted by Gasteiger charge is -2.34. The topological polar surface area (TPSA) is 213 Å². The van der Waals surface area contributed by atoms with Gasteiger partial charge in [0.2, 0.25) is 17.7 Å². The number of nitrogens with two attached hydrogens (primary N) is 1. The van der Waals surface area contributed by atoms with Gasteiger partial charge in [-0.3, -0.25) is 24.0 Å². The number of nitriles is 1. The number of fused-ring (bicyclic) bond motifs is 1. The van der Waals surface area contributed by atoms with E-state index in [0.717, 1.165) is 32.5 Å². The Morgan fingerprint density at radius 1 is 0.676 bits per heavy atom. The van der Waals surface area contributed by atoms with E-state index < -0.39 is 71.6 Å². The number of aromatic nitrogens is 1. The second kappa shape index (κ2) is 27.7. The molecule has 3 aromatic rings. The van der Waals surface area contributed by atoms with Crippen LogP contribution in [-0.2, 0) is 51.3 Å². The van der Waals surface area contributed by atoms with Gasteiger partial charge in [0, 0.05) is 88.7 Å². The first-order valence-electron chi connectivity index (χ1n) is 25.3. The summed E-state index contributed by atoms with van der Waals surface area (Å²) in [6.45, 7) is 19.7. The maximum Gasteiger partial charge on any atom is 0.345 e. The number of hydrogen-bond donors (Lipinski definition) is 2. The number of carboxylic acids is 1. The van der Waals surface area contributed by atoms with Crippen LogP contribution in [0.4, 0.5) is 0 Å². The number of carboxylic acid groups (broad SMARTS) is 1. The van der Waals surface area contributed by atoms with Gasteiger partial charge in [-0.2, -0.15) is 5.26 Å². The van der Waals surface area contributed by atoms with Crippen LogP contribution in [0.1, 0.15) is 130 Å². The maximum atomic E-state index is 15.2. The van der Waals surface area contributed by atoms with Crippen molar-refractivity contribution in [2.75, 3.05) is 21.1 Å². The van der Waals surface area contributed by atoms with Crippen molar-refractivity contribution >= 4 is 52.1 Å². The predicted octanol–water partition coefficient (Wildman–Crippen LogP) is 8.00. The number of aliphatic carboxylic acids is 1. The van der Waals surface area contributed by atoms with Crippen LogP contribution in [0.3, 0.4) is 0 Å². The number of aryl methyl sites for hydroxylation is 1. The summed E-state index contributed by atoms with van der Waals surface area (Å²) in [6.07, 6.45) is 1.10. The second-order valence-electron chi connectivity index (χ2n) is 21.3. The molecule has 3 N–H and O–H groups in total. The summed E-state index contributed by atoms with van der Waals surface area (Å²) in [5, 5.41) is 19.5. The normalized spacial score (nSPS) is 14.6. The number of carbonyl (C=O) groups excluding carboxylic acids is 6. The van der Waals surface area contributed by atoms with E-state index in [0.29, 0.717) is 25.8 Å². The number of ketones is 2. The Balaban J connectivity index is 2.13. The van der Waals surface area contributed by atoms with Gasteiger partial charge in [0.1, 0.15) is 6.04 Å². The first kappa shape index (κ1) is 59.4. The van der Waals surface area contributed by atoms with E-state index in [4.69, 9.17) is 15.7 Å². The number of para-hydroxylation sites is 1. The van der Waals surface area contributed by atoms with Gasteiger partial charge in [0.25, 0.3) is 0 Å². The Hall–Kier alpha value is -5.88. The third-order valence-corrected chi connectivity index (χ3v) is 13.4. The highest BCUT2D eigenvalue weighted by molar-refractivity contribution is 5.97. The minimum atomic E-state index is -1.58. The molecule has 15 heteroatoms. The molecule has 0 aliphatic carbocycles. The molecule has 0 saturated heterocycles. The number of likely N-dealkylation sites (N-methyl/N-ethyl adjacent to an activating group) is 3. The van der Waals surface area contributed by atoms with E-state index in [1.54, 1.807) is 14.1 Å². The highest BCUT2D eigenvalue weighted by Crippen LogP contribution is 2.30. The molecule has 0 bridgehead atoms. The molecule has 0 spiro atoms. The van der Waals surface area contributed by atoms with Gasteiger partial charge < -0.3 is 34.8 Å². The standard InChI is InChI=1S/C56H82N6O9/c1-34(2)25-41(52(65)59(11)39(10)56(70)71-51(55(68)69)23-18-24-57)30-50(64)48(29-43-33-62(46-22-17-16-21-44(43)46)32-40-20-15-14-19-38(40)9)60(12)53(66)42(26-35(3)4)31-49(63)47(28-37(7)8)61(13)54(67)45(58)27-36(5)6/h14-17,19-22,33-37,39,41-42,45,47-48,51H,18,23,25-32,58H2,1-13H3,(H,68,69)/t39-,41+,42+,45-,47-,48-,51+/m0/s1. The average molecular weight is 983 g/mol. The quantitative estimate of drug-likeness (QED) is 0.0636. The molecule has 0 aliphatic rings. The number of nitrogens with zero attached hydrogens (tertiary/aromatic N) is 5. The number of ether oxygens (including phenoxy) is 1. The van der Waals surface area contributed by atoms with E-state index in [1.165, 1.54) is 23.8 Å². The number of rotatable bonds is 29. The lowest BCUT2D eigenvalue weighted by molar-refractivity contribution is -0.169. The van der Waals surface area contributed by atoms with Crippen LogP contribution >= 0.6 is 0 Å². The first-order chi connectivity index (χ1) is 33.3. The van der Waals surface area contributed by atoms with Gasteiger partial charge in [-0.15, -0.1) is 0 Å². The Morgan fingerprint density at radius 3 is 1.72 bits per heavy atom. The van der Waals surface area contributed by atoms with Crippen molar-refractivity contribution < 1.29 is 43.4 Å². The van der Waals surface area contributed by atoms with E-state index >= 15 is 9.59 Å². The van der Waals surface area contributed by atoms with Crippen molar-refractivity contribution in [3.63, 3.8) is 0 Å². The molecule has 3 rings (SSSR count). The summed E-state index contributed by atoms with van der Waals surface area (Å²) in [7, 11) is 4.58. The summed E-state index contributed by atoms with van der Waals surface area (Å²) < 4.78 is 7.38. The SMILES string of the molecule is Cc1ccccc1Cn1cc(C[C@@H](C(=O)C[C@@H](CC(C)C)C(=O)N(C)[C@@H](C)C(=O)O[C@H](CCC#N)C(=O)O)N(C)C(=O)[C@@H](CC(=O)[C@H](CC(C)C)N(C)C(=O)[C@@H](N)CC(C)C)CC(C)C)c2ccccc21. The molecule has 0 unspecified atom stereocenters. The molecule has 1 heterocycles. The molecule has 390 valence electrons. The molecule has 0 fully saturated rings. The zero-order valence-corrected chi connectivity index (χ0v) is 44.6. The summed E-state index contributed by atoms with van der Waals surface area (Å²) >= 11 is 0. The fraction of sp³-hybridized carbons (Fsp3) is 0.607. The Labute approximate surface area is 422 Å². The van der Waals surface area contributed by atoms with E-state index in [-0.39, 0.29) is 73.9 Å². The van der Waals surface area contributed by atoms with Crippen LogP contribution in [0.15, 0.2) is 54.7 Å². The summed E-state index contributed by atoms with van der Waals surface area (Å²) in [5.41, 5.74) is 10.3. The van der Waals surface area contributed by atoms with Gasteiger partial charge >= 0.3 is 11.9 Å². The smallest absolute Gasteiger partial charge is 0.345 e. The molecule has 1 aromatic heterocycles. The van der Waals surface area contributed by atoms with Crippen molar-refractivity contribution in [2.45, 2.75) is 164 Å². The van der Waals surface area contributed by atoms with Crippen LogP contribution in [-0.4, -0.2) is 117 Å². The summed E-state index contributed by atoms with van der Waals surface area (Å²) in [6, 6.07) is 13.9. The van der Waals surface area contributed by atoms with Gasteiger partial charge in [-0.25, -0.2) is 9.59 Å². The number of hydrogen-bond acceptors (Lipinski definition) is 10. The fourth-order valence-electron chi connectivity index (χ4n) is 9.42. The lowest BCUT2D eigenvalue weighted by atomic mass is 9.85. The zero-order chi connectivity index (χ0) is 53.4. The first-order valence-corrected chi connectivity index (χ1v) is 25.3. The van der Waals surface area contributed by atoms with Gasteiger partial charge in [0.15, 0.2) is 17.7 Å². The van der Waals surface area contributed by atoms with Crippen LogP contribution in [0.25, 0.3) is 10.9 Å². The third kappa shape index (κ3) is 17.1. The zero-order valence-electron chi connectivity index (χ0n) is 44.6. The molecule has 0 radical (unpaired) electrons. The Bertz CT molecular complexity index is 2350. The predicted molar refractivity (Wildman–Crippen MR) is 276 cm³/mol. The largest absolute Gasteiger partial charge is 0.479 e. The van der Waals surface area contributed by atoms with Gasteiger partial charge in [0.05, 0.1) is 24.2 Å². The number of esters is 1. The van der Waals surface area contributed by atoms with E-state index in [1.807, 2.05) is 104 Å². The molecule has 2 aromatic carbocycles.